The summed E-state index contributed by atoms with van der Waals surface area (Å²) in [7, 11) is 1.40. The van der Waals surface area contributed by atoms with Gasteiger partial charge in [0.15, 0.2) is 11.6 Å². The second-order valence-corrected chi connectivity index (χ2v) is 2.65. The normalized spacial score (nSPS) is 10.9. The number of nitrogens with two attached hydrogens (primary N) is 1. The maximum Gasteiger partial charge on any atom is 0.162 e. The van der Waals surface area contributed by atoms with Crippen LogP contribution in [0.25, 0.3) is 6.08 Å². The van der Waals surface area contributed by atoms with Gasteiger partial charge in [0, 0.05) is 18.2 Å². The highest BCUT2D eigenvalue weighted by atomic mass is 19.2. The Morgan fingerprint density at radius 2 is 2.00 bits per heavy atom. The molecule has 0 unspecified atom stereocenters. The Hall–Kier alpha value is -1.42. The van der Waals surface area contributed by atoms with Crippen molar-refractivity contribution in [1.29, 1.82) is 0 Å². The van der Waals surface area contributed by atoms with Crippen molar-refractivity contribution in [1.82, 2.24) is 0 Å². The van der Waals surface area contributed by atoms with Gasteiger partial charge in [0.05, 0.1) is 7.11 Å². The lowest BCUT2D eigenvalue weighted by Gasteiger charge is -2.05. The van der Waals surface area contributed by atoms with Crippen LogP contribution in [0.5, 0.6) is 5.75 Å². The zero-order valence-electron chi connectivity index (χ0n) is 7.76. The van der Waals surface area contributed by atoms with Gasteiger partial charge in [-0.05, 0) is 6.07 Å². The average Bonchev–Trinajstić information content (AvgIpc) is 2.19. The van der Waals surface area contributed by atoms with E-state index in [0.717, 1.165) is 12.1 Å². The Morgan fingerprint density at radius 1 is 1.36 bits per heavy atom. The largest absolute Gasteiger partial charge is 0.496 e. The van der Waals surface area contributed by atoms with E-state index in [2.05, 4.69) is 0 Å². The van der Waals surface area contributed by atoms with Crippen LogP contribution in [0.2, 0.25) is 0 Å². The predicted octanol–water partition coefficient (Wildman–Crippen LogP) is 1.95. The minimum Gasteiger partial charge on any atom is -0.496 e. The minimum absolute atomic E-state index is 0.286. The first-order valence-corrected chi connectivity index (χ1v) is 4.08. The molecule has 0 aromatic heterocycles. The first kappa shape index (κ1) is 10.7. The molecule has 1 aromatic carbocycles. The summed E-state index contributed by atoms with van der Waals surface area (Å²) in [5.74, 6) is -1.54. The van der Waals surface area contributed by atoms with Crippen molar-refractivity contribution in [3.63, 3.8) is 0 Å². The van der Waals surface area contributed by atoms with Crippen LogP contribution in [-0.4, -0.2) is 13.7 Å². The van der Waals surface area contributed by atoms with Gasteiger partial charge >= 0.3 is 0 Å². The van der Waals surface area contributed by atoms with Crippen LogP contribution < -0.4 is 10.5 Å². The lowest BCUT2D eigenvalue weighted by Crippen LogP contribution is -1.94. The highest BCUT2D eigenvalue weighted by Gasteiger charge is 2.07. The fourth-order valence-corrected chi connectivity index (χ4v) is 1.05. The van der Waals surface area contributed by atoms with Crippen molar-refractivity contribution in [3.8, 4) is 5.75 Å². The molecule has 0 spiro atoms. The lowest BCUT2D eigenvalue weighted by atomic mass is 10.1. The van der Waals surface area contributed by atoms with Gasteiger partial charge in [-0.25, -0.2) is 8.78 Å². The van der Waals surface area contributed by atoms with E-state index in [1.54, 1.807) is 12.2 Å². The third-order valence-corrected chi connectivity index (χ3v) is 1.71. The molecule has 0 saturated heterocycles. The van der Waals surface area contributed by atoms with E-state index in [-0.39, 0.29) is 5.75 Å². The van der Waals surface area contributed by atoms with Crippen LogP contribution in [0.1, 0.15) is 5.56 Å². The zero-order chi connectivity index (χ0) is 10.6. The van der Waals surface area contributed by atoms with Gasteiger partial charge in [0.2, 0.25) is 0 Å². The highest BCUT2D eigenvalue weighted by molar-refractivity contribution is 5.57. The molecular formula is C10H11F2NO. The Labute approximate surface area is 81.0 Å². The summed E-state index contributed by atoms with van der Waals surface area (Å²) in [5, 5.41) is 0. The van der Waals surface area contributed by atoms with Crippen molar-refractivity contribution in [3.05, 3.63) is 35.4 Å². The predicted molar refractivity (Wildman–Crippen MR) is 51.0 cm³/mol. The maximum atomic E-state index is 12.8. The van der Waals surface area contributed by atoms with E-state index in [0.29, 0.717) is 12.1 Å². The van der Waals surface area contributed by atoms with E-state index in [1.165, 1.54) is 7.11 Å². The minimum atomic E-state index is -0.924. The molecule has 0 radical (unpaired) electrons. The monoisotopic (exact) mass is 199 g/mol. The summed E-state index contributed by atoms with van der Waals surface area (Å²) >= 11 is 0. The molecule has 0 aliphatic carbocycles. The number of halogens is 2. The van der Waals surface area contributed by atoms with Gasteiger partial charge in [0.25, 0.3) is 0 Å². The van der Waals surface area contributed by atoms with Gasteiger partial charge in [-0.3, -0.25) is 0 Å². The second kappa shape index (κ2) is 4.72. The number of ether oxygens (including phenoxy) is 1. The van der Waals surface area contributed by atoms with E-state index >= 15 is 0 Å². The van der Waals surface area contributed by atoms with Gasteiger partial charge in [-0.2, -0.15) is 0 Å². The Morgan fingerprint density at radius 3 is 2.57 bits per heavy atom. The molecule has 0 atom stereocenters. The van der Waals surface area contributed by atoms with Crippen LogP contribution in [0.3, 0.4) is 0 Å². The van der Waals surface area contributed by atoms with Gasteiger partial charge in [-0.15, -0.1) is 0 Å². The zero-order valence-corrected chi connectivity index (χ0v) is 7.76. The van der Waals surface area contributed by atoms with Crippen LogP contribution in [0.4, 0.5) is 8.78 Å². The summed E-state index contributed by atoms with van der Waals surface area (Å²) in [6, 6.07) is 2.08. The summed E-state index contributed by atoms with van der Waals surface area (Å²) in [6.45, 7) is 0.335. The molecule has 0 saturated carbocycles. The van der Waals surface area contributed by atoms with E-state index < -0.39 is 11.6 Å². The van der Waals surface area contributed by atoms with Gasteiger partial charge in [0.1, 0.15) is 5.75 Å². The number of benzene rings is 1. The third kappa shape index (κ3) is 2.29. The molecule has 0 aliphatic rings. The fourth-order valence-electron chi connectivity index (χ4n) is 1.05. The van der Waals surface area contributed by atoms with E-state index in [1.807, 2.05) is 0 Å². The van der Waals surface area contributed by atoms with Crippen molar-refractivity contribution in [2.75, 3.05) is 13.7 Å². The van der Waals surface area contributed by atoms with Crippen LogP contribution in [-0.2, 0) is 0 Å². The van der Waals surface area contributed by atoms with Gasteiger partial charge in [-0.1, -0.05) is 12.2 Å². The number of rotatable bonds is 3. The standard InChI is InChI=1S/C10H11F2NO/c1-14-10-6-9(12)8(11)5-7(10)3-2-4-13/h2-3,5-6H,4,13H2,1H3. The average molecular weight is 199 g/mol. The van der Waals surface area contributed by atoms with Crippen LogP contribution in [0.15, 0.2) is 18.2 Å². The quantitative estimate of drug-likeness (QED) is 0.807. The molecule has 1 aromatic rings. The third-order valence-electron chi connectivity index (χ3n) is 1.71. The Bertz CT molecular complexity index is 350. The Balaban J connectivity index is 3.13. The summed E-state index contributed by atoms with van der Waals surface area (Å²) in [6.07, 6.45) is 3.22. The molecule has 0 amide bonds. The highest BCUT2D eigenvalue weighted by Crippen LogP contribution is 2.23. The number of hydrogen-bond acceptors (Lipinski definition) is 2. The molecule has 0 bridgehead atoms. The lowest BCUT2D eigenvalue weighted by molar-refractivity contribution is 0.405. The molecule has 2 N–H and O–H groups in total. The maximum absolute atomic E-state index is 12.8. The SMILES string of the molecule is COc1cc(F)c(F)cc1C=CCN. The van der Waals surface area contributed by atoms with Gasteiger partial charge < -0.3 is 10.5 Å². The number of methoxy groups -OCH3 is 1. The van der Waals surface area contributed by atoms with E-state index in [9.17, 15) is 8.78 Å². The molecule has 76 valence electrons. The van der Waals surface area contributed by atoms with Crippen LogP contribution in [0, 0.1) is 11.6 Å². The molecule has 2 nitrogen and oxygen atoms in total. The topological polar surface area (TPSA) is 35.2 Å². The molecule has 14 heavy (non-hydrogen) atoms. The summed E-state index contributed by atoms with van der Waals surface area (Å²) in [4.78, 5) is 0. The smallest absolute Gasteiger partial charge is 0.162 e. The first-order valence-electron chi connectivity index (χ1n) is 4.08. The molecule has 1 rings (SSSR count). The van der Waals surface area contributed by atoms with Crippen molar-refractivity contribution >= 4 is 6.08 Å². The summed E-state index contributed by atoms with van der Waals surface area (Å²) in [5.41, 5.74) is 5.71. The van der Waals surface area contributed by atoms with Crippen molar-refractivity contribution in [2.24, 2.45) is 5.73 Å². The molecule has 0 fully saturated rings. The second-order valence-electron chi connectivity index (χ2n) is 2.65. The fraction of sp³-hybridized carbons (Fsp3) is 0.200. The van der Waals surface area contributed by atoms with Crippen molar-refractivity contribution in [2.45, 2.75) is 0 Å². The summed E-state index contributed by atoms with van der Waals surface area (Å²) < 4.78 is 30.5. The van der Waals surface area contributed by atoms with Crippen LogP contribution >= 0.6 is 0 Å². The molecule has 0 aliphatic heterocycles. The van der Waals surface area contributed by atoms with Crippen molar-refractivity contribution < 1.29 is 13.5 Å². The molecule has 4 heteroatoms. The molecule has 0 heterocycles. The Kier molecular flexibility index (Phi) is 3.59. The van der Waals surface area contributed by atoms with E-state index in [4.69, 9.17) is 10.5 Å². The first-order chi connectivity index (χ1) is 6.69. The molecular weight excluding hydrogens is 188 g/mol. The number of hydrogen-bond donors (Lipinski definition) is 1.